The normalized spacial score (nSPS) is 12.8. The molecule has 0 atom stereocenters. The van der Waals surface area contributed by atoms with Crippen LogP contribution in [0.3, 0.4) is 0 Å². The summed E-state index contributed by atoms with van der Waals surface area (Å²) in [5.74, 6) is -0.297. The van der Waals surface area contributed by atoms with Gasteiger partial charge in [0.15, 0.2) is 0 Å². The number of carbonyl (C=O) groups excluding carboxylic acids is 2. The number of nitrogens with one attached hydrogen (secondary N) is 2. The molecule has 1 aliphatic rings. The van der Waals surface area contributed by atoms with Crippen LogP contribution in [0.4, 0.5) is 14.9 Å². The summed E-state index contributed by atoms with van der Waals surface area (Å²) in [6, 6.07) is 20.7. The fourth-order valence-electron chi connectivity index (χ4n) is 3.53. The highest BCUT2D eigenvalue weighted by atomic mass is 19.1. The van der Waals surface area contributed by atoms with E-state index in [1.807, 2.05) is 53.4 Å². The second-order valence-corrected chi connectivity index (χ2v) is 7.26. The highest BCUT2D eigenvalue weighted by Crippen LogP contribution is 2.24. The summed E-state index contributed by atoms with van der Waals surface area (Å²) in [6.07, 6.45) is 0.783. The quantitative estimate of drug-likeness (QED) is 0.681. The topological polar surface area (TPSA) is 61.4 Å². The Kier molecular flexibility index (Phi) is 5.75. The number of halogens is 1. The lowest BCUT2D eigenvalue weighted by molar-refractivity contribution is 0.0734. The van der Waals surface area contributed by atoms with Crippen molar-refractivity contribution in [3.8, 4) is 0 Å². The smallest absolute Gasteiger partial charge is 0.319 e. The van der Waals surface area contributed by atoms with Crippen molar-refractivity contribution in [2.24, 2.45) is 0 Å². The summed E-state index contributed by atoms with van der Waals surface area (Å²) in [4.78, 5) is 26.8. The Morgan fingerprint density at radius 3 is 2.47 bits per heavy atom. The fraction of sp³-hybridized carbons (Fsp3) is 0.167. The number of amides is 3. The van der Waals surface area contributed by atoms with Crippen LogP contribution in [0.5, 0.6) is 0 Å². The van der Waals surface area contributed by atoms with Crippen LogP contribution in [-0.2, 0) is 19.5 Å². The minimum Gasteiger partial charge on any atom is -0.334 e. The summed E-state index contributed by atoms with van der Waals surface area (Å²) >= 11 is 0. The lowest BCUT2D eigenvalue weighted by Crippen LogP contribution is -2.36. The number of hydrogen-bond acceptors (Lipinski definition) is 2. The Hall–Kier alpha value is -3.67. The van der Waals surface area contributed by atoms with Gasteiger partial charge in [-0.2, -0.15) is 0 Å². The molecule has 2 N–H and O–H groups in total. The zero-order valence-corrected chi connectivity index (χ0v) is 16.4. The molecule has 0 aliphatic carbocycles. The van der Waals surface area contributed by atoms with Crippen molar-refractivity contribution in [1.29, 1.82) is 0 Å². The number of urea groups is 1. The van der Waals surface area contributed by atoms with Crippen molar-refractivity contribution in [2.45, 2.75) is 19.5 Å². The fourth-order valence-corrected chi connectivity index (χ4v) is 3.53. The maximum absolute atomic E-state index is 13.0. The Bertz CT molecular complexity index is 1050. The van der Waals surface area contributed by atoms with Crippen molar-refractivity contribution < 1.29 is 14.0 Å². The molecule has 0 bridgehead atoms. The monoisotopic (exact) mass is 403 g/mol. The third-order valence-electron chi connectivity index (χ3n) is 5.15. The lowest BCUT2D eigenvalue weighted by Gasteiger charge is -2.29. The van der Waals surface area contributed by atoms with Crippen LogP contribution in [0.25, 0.3) is 0 Å². The van der Waals surface area contributed by atoms with E-state index in [2.05, 4.69) is 10.6 Å². The molecule has 3 amide bonds. The molecule has 5 nitrogen and oxygen atoms in total. The third kappa shape index (κ3) is 4.66. The van der Waals surface area contributed by atoms with E-state index in [-0.39, 0.29) is 17.8 Å². The molecule has 0 fully saturated rings. The summed E-state index contributed by atoms with van der Waals surface area (Å²) < 4.78 is 13.0. The van der Waals surface area contributed by atoms with Crippen molar-refractivity contribution in [3.05, 3.63) is 101 Å². The van der Waals surface area contributed by atoms with E-state index in [0.29, 0.717) is 30.9 Å². The van der Waals surface area contributed by atoms with Crippen LogP contribution in [0.15, 0.2) is 72.8 Å². The van der Waals surface area contributed by atoms with Gasteiger partial charge in [-0.15, -0.1) is 0 Å². The van der Waals surface area contributed by atoms with Crippen LogP contribution in [0, 0.1) is 5.82 Å². The molecule has 0 unspecified atom stereocenters. The number of rotatable bonds is 4. The Morgan fingerprint density at radius 2 is 1.70 bits per heavy atom. The predicted molar refractivity (Wildman–Crippen MR) is 114 cm³/mol. The van der Waals surface area contributed by atoms with Gasteiger partial charge < -0.3 is 15.5 Å². The van der Waals surface area contributed by atoms with Gasteiger partial charge in [0.25, 0.3) is 5.91 Å². The second kappa shape index (κ2) is 8.78. The third-order valence-corrected chi connectivity index (χ3v) is 5.15. The summed E-state index contributed by atoms with van der Waals surface area (Å²) in [7, 11) is 0. The standard InChI is InChI=1S/C24H22FN3O2/c25-21-9-6-17(7-10-21)15-26-24(30)27-22-11-8-18-12-13-28(16-20(18)14-22)23(29)19-4-2-1-3-5-19/h1-11,14H,12-13,15-16H2,(H2,26,27,30). The molecule has 152 valence electrons. The molecule has 3 aromatic carbocycles. The van der Waals surface area contributed by atoms with Crippen LogP contribution in [0.2, 0.25) is 0 Å². The average Bonchev–Trinajstić information content (AvgIpc) is 2.78. The number of carbonyl (C=O) groups is 2. The average molecular weight is 403 g/mol. The molecule has 3 aromatic rings. The van der Waals surface area contributed by atoms with E-state index >= 15 is 0 Å². The largest absolute Gasteiger partial charge is 0.334 e. The molecule has 0 radical (unpaired) electrons. The van der Waals surface area contributed by atoms with Crippen molar-refractivity contribution in [2.75, 3.05) is 11.9 Å². The van der Waals surface area contributed by atoms with Crippen LogP contribution < -0.4 is 10.6 Å². The van der Waals surface area contributed by atoms with Gasteiger partial charge in [-0.05, 0) is 59.5 Å². The summed E-state index contributed by atoms with van der Waals surface area (Å²) in [5.41, 5.74) is 4.37. The van der Waals surface area contributed by atoms with E-state index in [1.54, 1.807) is 12.1 Å². The SMILES string of the molecule is O=C(NCc1ccc(F)cc1)Nc1ccc2c(c1)CN(C(=O)c1ccccc1)CC2. The van der Waals surface area contributed by atoms with Crippen LogP contribution in [-0.4, -0.2) is 23.4 Å². The van der Waals surface area contributed by atoms with Gasteiger partial charge in [-0.25, -0.2) is 9.18 Å². The van der Waals surface area contributed by atoms with Gasteiger partial charge in [0, 0.05) is 30.9 Å². The van der Waals surface area contributed by atoms with Gasteiger partial charge in [0.2, 0.25) is 0 Å². The number of anilines is 1. The Balaban J connectivity index is 1.38. The molecule has 1 heterocycles. The molecule has 30 heavy (non-hydrogen) atoms. The molecule has 0 aromatic heterocycles. The first kappa shape index (κ1) is 19.6. The molecule has 0 spiro atoms. The van der Waals surface area contributed by atoms with E-state index in [9.17, 15) is 14.0 Å². The zero-order chi connectivity index (χ0) is 20.9. The van der Waals surface area contributed by atoms with E-state index in [1.165, 1.54) is 17.7 Å². The molecule has 6 heteroatoms. The Morgan fingerprint density at radius 1 is 0.933 bits per heavy atom. The van der Waals surface area contributed by atoms with E-state index in [0.717, 1.165) is 17.5 Å². The van der Waals surface area contributed by atoms with Gasteiger partial charge in [0.1, 0.15) is 5.82 Å². The van der Waals surface area contributed by atoms with Gasteiger partial charge in [0.05, 0.1) is 0 Å². The minimum absolute atomic E-state index is 0.0108. The molecular weight excluding hydrogens is 381 g/mol. The number of nitrogens with zero attached hydrogens (tertiary/aromatic N) is 1. The van der Waals surface area contributed by atoms with Crippen LogP contribution in [0.1, 0.15) is 27.0 Å². The number of hydrogen-bond donors (Lipinski definition) is 2. The maximum Gasteiger partial charge on any atom is 0.319 e. The maximum atomic E-state index is 13.0. The molecule has 0 saturated carbocycles. The molecular formula is C24H22FN3O2. The summed E-state index contributed by atoms with van der Waals surface area (Å²) in [6.45, 7) is 1.48. The number of benzene rings is 3. The van der Waals surface area contributed by atoms with E-state index in [4.69, 9.17) is 0 Å². The molecule has 4 rings (SSSR count). The predicted octanol–water partition coefficient (Wildman–Crippen LogP) is 4.35. The first-order chi connectivity index (χ1) is 14.6. The molecule has 1 aliphatic heterocycles. The molecule has 0 saturated heterocycles. The lowest BCUT2D eigenvalue weighted by atomic mass is 9.98. The first-order valence-electron chi connectivity index (χ1n) is 9.84. The van der Waals surface area contributed by atoms with Crippen molar-refractivity contribution in [1.82, 2.24) is 10.2 Å². The number of fused-ring (bicyclic) bond motifs is 1. The highest BCUT2D eigenvalue weighted by molar-refractivity contribution is 5.94. The van der Waals surface area contributed by atoms with Gasteiger partial charge in [-0.1, -0.05) is 36.4 Å². The van der Waals surface area contributed by atoms with Crippen LogP contribution >= 0.6 is 0 Å². The van der Waals surface area contributed by atoms with Gasteiger partial charge >= 0.3 is 6.03 Å². The highest BCUT2D eigenvalue weighted by Gasteiger charge is 2.22. The van der Waals surface area contributed by atoms with Crippen molar-refractivity contribution >= 4 is 17.6 Å². The van der Waals surface area contributed by atoms with E-state index < -0.39 is 0 Å². The van der Waals surface area contributed by atoms with Gasteiger partial charge in [-0.3, -0.25) is 4.79 Å². The van der Waals surface area contributed by atoms with Crippen molar-refractivity contribution in [3.63, 3.8) is 0 Å². The summed E-state index contributed by atoms with van der Waals surface area (Å²) in [5, 5.41) is 5.58. The second-order valence-electron chi connectivity index (χ2n) is 7.26. The minimum atomic E-state index is -0.340. The zero-order valence-electron chi connectivity index (χ0n) is 16.4. The Labute approximate surface area is 174 Å². The first-order valence-corrected chi connectivity index (χ1v) is 9.84.